The van der Waals surface area contributed by atoms with Crippen molar-refractivity contribution in [2.45, 2.75) is 53.1 Å². The second-order valence-corrected chi connectivity index (χ2v) is 7.65. The topological polar surface area (TPSA) is 3.24 Å². The van der Waals surface area contributed by atoms with E-state index >= 15 is 0 Å². The van der Waals surface area contributed by atoms with Crippen molar-refractivity contribution in [3.05, 3.63) is 48.6 Å². The maximum Gasteiger partial charge on any atom is 0.0236 e. The van der Waals surface area contributed by atoms with Gasteiger partial charge in [-0.2, -0.15) is 0 Å². The lowest BCUT2D eigenvalue weighted by atomic mass is 9.66. The Labute approximate surface area is 131 Å². The van der Waals surface area contributed by atoms with Crippen LogP contribution in [0.3, 0.4) is 0 Å². The highest BCUT2D eigenvalue weighted by Crippen LogP contribution is 2.42. The van der Waals surface area contributed by atoms with Crippen LogP contribution in [-0.2, 0) is 6.54 Å². The maximum absolute atomic E-state index is 4.00. The zero-order chi connectivity index (χ0) is 15.5. The molecule has 1 heterocycles. The third-order valence-electron chi connectivity index (χ3n) is 5.22. The summed E-state index contributed by atoms with van der Waals surface area (Å²) in [6.07, 6.45) is 4.56. The van der Waals surface area contributed by atoms with Gasteiger partial charge in [0.1, 0.15) is 0 Å². The van der Waals surface area contributed by atoms with Gasteiger partial charge in [0.15, 0.2) is 0 Å². The third kappa shape index (κ3) is 3.97. The van der Waals surface area contributed by atoms with Crippen LogP contribution in [0.25, 0.3) is 0 Å². The normalized spacial score (nSPS) is 27.5. The van der Waals surface area contributed by atoms with Gasteiger partial charge in [0.05, 0.1) is 0 Å². The first-order valence-corrected chi connectivity index (χ1v) is 8.32. The van der Waals surface area contributed by atoms with E-state index in [-0.39, 0.29) is 0 Å². The first-order valence-electron chi connectivity index (χ1n) is 8.32. The summed E-state index contributed by atoms with van der Waals surface area (Å²) < 4.78 is 0. The predicted molar refractivity (Wildman–Crippen MR) is 92.2 cm³/mol. The van der Waals surface area contributed by atoms with E-state index in [1.165, 1.54) is 18.5 Å². The van der Waals surface area contributed by atoms with Crippen LogP contribution in [0.15, 0.2) is 43.0 Å². The highest BCUT2D eigenvalue weighted by atomic mass is 15.2. The Bertz CT molecular complexity index is 443. The summed E-state index contributed by atoms with van der Waals surface area (Å²) in [7, 11) is 0. The van der Waals surface area contributed by atoms with Crippen LogP contribution in [0, 0.1) is 17.3 Å². The van der Waals surface area contributed by atoms with Crippen LogP contribution in [-0.4, -0.2) is 17.5 Å². The molecule has 0 spiro atoms. The standard InChI is InChI=1S/C20H31N/c1-6-10-18-16(2)21(14-13-19(18)20(3,4)5)15-17-11-8-7-9-12-17/h6-9,11-12,16,18-19H,1,10,13-15H2,2-5H3/t16-,18-,19-/m0/s1. The molecular formula is C20H31N. The second-order valence-electron chi connectivity index (χ2n) is 7.65. The summed E-state index contributed by atoms with van der Waals surface area (Å²) in [6, 6.07) is 11.5. The van der Waals surface area contributed by atoms with E-state index in [4.69, 9.17) is 0 Å². The molecule has 1 aromatic carbocycles. The first-order chi connectivity index (χ1) is 9.93. The van der Waals surface area contributed by atoms with Gasteiger partial charge in [0.25, 0.3) is 0 Å². The van der Waals surface area contributed by atoms with Crippen molar-refractivity contribution in [3.63, 3.8) is 0 Å². The van der Waals surface area contributed by atoms with Crippen LogP contribution in [0.1, 0.15) is 46.1 Å². The third-order valence-corrected chi connectivity index (χ3v) is 5.22. The molecule has 1 heteroatoms. The van der Waals surface area contributed by atoms with Gasteiger partial charge in [-0.3, -0.25) is 4.90 Å². The van der Waals surface area contributed by atoms with Gasteiger partial charge >= 0.3 is 0 Å². The Morgan fingerprint density at radius 2 is 1.90 bits per heavy atom. The Hall–Kier alpha value is -1.08. The number of likely N-dealkylation sites (tertiary alicyclic amines) is 1. The van der Waals surface area contributed by atoms with Crippen molar-refractivity contribution in [2.75, 3.05) is 6.54 Å². The Morgan fingerprint density at radius 3 is 2.48 bits per heavy atom. The molecule has 0 radical (unpaired) electrons. The van der Waals surface area contributed by atoms with Crippen molar-refractivity contribution >= 4 is 0 Å². The molecule has 3 atom stereocenters. The van der Waals surface area contributed by atoms with E-state index in [0.717, 1.165) is 24.8 Å². The Morgan fingerprint density at radius 1 is 1.24 bits per heavy atom. The molecule has 0 unspecified atom stereocenters. The maximum atomic E-state index is 4.00. The SMILES string of the molecule is C=CC[C@H]1[C@H](C)N(Cc2ccccc2)CC[C@@H]1C(C)(C)C. The number of allylic oxidation sites excluding steroid dienone is 1. The average molecular weight is 285 g/mol. The minimum atomic E-state index is 0.390. The van der Waals surface area contributed by atoms with E-state index in [0.29, 0.717) is 11.5 Å². The van der Waals surface area contributed by atoms with Gasteiger partial charge in [-0.25, -0.2) is 0 Å². The van der Waals surface area contributed by atoms with E-state index in [1.807, 2.05) is 0 Å². The lowest BCUT2D eigenvalue weighted by Crippen LogP contribution is -2.50. The monoisotopic (exact) mass is 285 g/mol. The molecule has 0 aliphatic carbocycles. The largest absolute Gasteiger partial charge is 0.296 e. The smallest absolute Gasteiger partial charge is 0.0236 e. The number of hydrogen-bond acceptors (Lipinski definition) is 1. The van der Waals surface area contributed by atoms with Crippen molar-refractivity contribution < 1.29 is 0 Å². The van der Waals surface area contributed by atoms with Gasteiger partial charge in [-0.05, 0) is 49.1 Å². The molecule has 0 bridgehead atoms. The Balaban J connectivity index is 2.12. The summed E-state index contributed by atoms with van der Waals surface area (Å²) in [6.45, 7) is 15.9. The summed E-state index contributed by atoms with van der Waals surface area (Å²) in [5, 5.41) is 0. The summed E-state index contributed by atoms with van der Waals surface area (Å²) in [4.78, 5) is 2.66. The van der Waals surface area contributed by atoms with E-state index in [1.54, 1.807) is 0 Å². The first kappa shape index (κ1) is 16.3. The van der Waals surface area contributed by atoms with Crippen LogP contribution in [0.4, 0.5) is 0 Å². The molecule has 1 aliphatic rings. The highest BCUT2D eigenvalue weighted by Gasteiger charge is 2.39. The van der Waals surface area contributed by atoms with E-state index in [2.05, 4.69) is 75.6 Å². The van der Waals surface area contributed by atoms with Crippen LogP contribution >= 0.6 is 0 Å². The molecular weight excluding hydrogens is 254 g/mol. The van der Waals surface area contributed by atoms with Gasteiger partial charge < -0.3 is 0 Å². The number of piperidine rings is 1. The number of nitrogens with zero attached hydrogens (tertiary/aromatic N) is 1. The molecule has 1 nitrogen and oxygen atoms in total. The van der Waals surface area contributed by atoms with E-state index in [9.17, 15) is 0 Å². The minimum absolute atomic E-state index is 0.390. The lowest BCUT2D eigenvalue weighted by molar-refractivity contribution is 0.00425. The van der Waals surface area contributed by atoms with Crippen molar-refractivity contribution in [1.82, 2.24) is 4.90 Å². The van der Waals surface area contributed by atoms with Crippen molar-refractivity contribution in [3.8, 4) is 0 Å². The van der Waals surface area contributed by atoms with Gasteiger partial charge in [0.2, 0.25) is 0 Å². The van der Waals surface area contributed by atoms with Crippen molar-refractivity contribution in [1.29, 1.82) is 0 Å². The average Bonchev–Trinajstić information content (AvgIpc) is 2.43. The van der Waals surface area contributed by atoms with Crippen LogP contribution < -0.4 is 0 Å². The molecule has 1 aliphatic heterocycles. The zero-order valence-corrected chi connectivity index (χ0v) is 14.2. The van der Waals surface area contributed by atoms with Gasteiger partial charge in [-0.1, -0.05) is 57.2 Å². The molecule has 1 saturated heterocycles. The molecule has 1 aromatic rings. The van der Waals surface area contributed by atoms with Gasteiger partial charge in [-0.15, -0.1) is 6.58 Å². The molecule has 116 valence electrons. The van der Waals surface area contributed by atoms with Gasteiger partial charge in [0, 0.05) is 12.6 Å². The summed E-state index contributed by atoms with van der Waals surface area (Å²) in [5.74, 6) is 1.51. The molecule has 0 aromatic heterocycles. The fourth-order valence-electron chi connectivity index (χ4n) is 4.00. The molecule has 2 rings (SSSR count). The molecule has 0 N–H and O–H groups in total. The second kappa shape index (κ2) is 6.79. The summed E-state index contributed by atoms with van der Waals surface area (Å²) >= 11 is 0. The lowest BCUT2D eigenvalue weighted by Gasteiger charge is -2.49. The minimum Gasteiger partial charge on any atom is -0.296 e. The van der Waals surface area contributed by atoms with E-state index < -0.39 is 0 Å². The number of rotatable bonds is 4. The molecule has 21 heavy (non-hydrogen) atoms. The zero-order valence-electron chi connectivity index (χ0n) is 14.2. The molecule has 1 fully saturated rings. The summed E-state index contributed by atoms with van der Waals surface area (Å²) in [5.41, 5.74) is 1.82. The van der Waals surface area contributed by atoms with Crippen LogP contribution in [0.2, 0.25) is 0 Å². The number of hydrogen-bond donors (Lipinski definition) is 0. The fraction of sp³-hybridized carbons (Fsp3) is 0.600. The Kier molecular flexibility index (Phi) is 5.27. The van der Waals surface area contributed by atoms with Crippen molar-refractivity contribution in [2.24, 2.45) is 17.3 Å². The highest BCUT2D eigenvalue weighted by molar-refractivity contribution is 5.15. The quantitative estimate of drug-likeness (QED) is 0.693. The predicted octanol–water partition coefficient (Wildman–Crippen LogP) is 5.14. The van der Waals surface area contributed by atoms with Crippen LogP contribution in [0.5, 0.6) is 0 Å². The fourth-order valence-corrected chi connectivity index (χ4v) is 4.00. The number of benzene rings is 1. The molecule has 0 saturated carbocycles. The molecule has 0 amide bonds.